The van der Waals surface area contributed by atoms with Gasteiger partial charge in [0.1, 0.15) is 6.17 Å². The monoisotopic (exact) mass is 288 g/mol. The summed E-state index contributed by atoms with van der Waals surface area (Å²) in [4.78, 5) is 14.7. The topological polar surface area (TPSA) is 32.3 Å². The maximum Gasteiger partial charge on any atom is 0.241 e. The molecule has 1 aliphatic rings. The highest BCUT2D eigenvalue weighted by atomic mass is 16.2. The van der Waals surface area contributed by atoms with E-state index in [1.54, 1.807) is 0 Å². The number of hydrogen-bond acceptors (Lipinski definition) is 2. The fraction of sp³-hybridized carbons (Fsp3) is 0.611. The number of unbranched alkanes of at least 4 members (excludes halogenated alkanes) is 1. The van der Waals surface area contributed by atoms with Gasteiger partial charge >= 0.3 is 0 Å². The lowest BCUT2D eigenvalue weighted by molar-refractivity contribution is -0.130. The second-order valence-corrected chi connectivity index (χ2v) is 6.49. The average molecular weight is 288 g/mol. The van der Waals surface area contributed by atoms with E-state index in [9.17, 15) is 4.79 Å². The molecular formula is C18H28N2O. The van der Waals surface area contributed by atoms with Crippen LogP contribution in [0, 0.1) is 12.8 Å². The molecule has 3 nitrogen and oxygen atoms in total. The molecule has 0 spiro atoms. The Morgan fingerprint density at radius 3 is 2.62 bits per heavy atom. The smallest absolute Gasteiger partial charge is 0.241 e. The number of nitrogens with one attached hydrogen (secondary N) is 1. The molecule has 1 aliphatic heterocycles. The van der Waals surface area contributed by atoms with Crippen molar-refractivity contribution in [2.45, 2.75) is 59.2 Å². The molecule has 1 aromatic rings. The summed E-state index contributed by atoms with van der Waals surface area (Å²) in [5, 5.41) is 3.56. The van der Waals surface area contributed by atoms with Crippen LogP contribution in [0.2, 0.25) is 0 Å². The maximum atomic E-state index is 12.7. The van der Waals surface area contributed by atoms with Crippen LogP contribution in [0.15, 0.2) is 24.3 Å². The first-order valence-corrected chi connectivity index (χ1v) is 8.16. The van der Waals surface area contributed by atoms with Gasteiger partial charge in [-0.05, 0) is 36.8 Å². The van der Waals surface area contributed by atoms with Crippen LogP contribution in [0.3, 0.4) is 0 Å². The van der Waals surface area contributed by atoms with Gasteiger partial charge in [-0.25, -0.2) is 0 Å². The Labute approximate surface area is 128 Å². The summed E-state index contributed by atoms with van der Waals surface area (Å²) in [5.41, 5.74) is 2.47. The first-order chi connectivity index (χ1) is 10.0. The molecule has 116 valence electrons. The van der Waals surface area contributed by atoms with Gasteiger partial charge in [0.05, 0.1) is 6.04 Å². The molecule has 1 amide bonds. The van der Waals surface area contributed by atoms with Crippen molar-refractivity contribution < 1.29 is 4.79 Å². The van der Waals surface area contributed by atoms with Gasteiger partial charge in [0.15, 0.2) is 0 Å². The number of rotatable bonds is 6. The summed E-state index contributed by atoms with van der Waals surface area (Å²) < 4.78 is 0. The number of carbonyl (C=O) groups excluding carboxylic acids is 1. The third-order valence-corrected chi connectivity index (χ3v) is 4.19. The molecule has 2 atom stereocenters. The Hall–Kier alpha value is -1.35. The summed E-state index contributed by atoms with van der Waals surface area (Å²) in [6.45, 7) is 9.48. The summed E-state index contributed by atoms with van der Waals surface area (Å²) in [7, 11) is 0. The van der Waals surface area contributed by atoms with Crippen LogP contribution >= 0.6 is 0 Å². The van der Waals surface area contributed by atoms with Gasteiger partial charge in [-0.1, -0.05) is 51.5 Å². The zero-order valence-electron chi connectivity index (χ0n) is 13.7. The Morgan fingerprint density at radius 2 is 2.00 bits per heavy atom. The van der Waals surface area contributed by atoms with E-state index >= 15 is 0 Å². The molecule has 1 aromatic carbocycles. The highest BCUT2D eigenvalue weighted by molar-refractivity contribution is 5.84. The zero-order valence-corrected chi connectivity index (χ0v) is 13.7. The van der Waals surface area contributed by atoms with E-state index in [4.69, 9.17) is 0 Å². The van der Waals surface area contributed by atoms with Crippen LogP contribution in [-0.4, -0.2) is 23.4 Å². The molecule has 0 bridgehead atoms. The molecule has 0 aliphatic carbocycles. The molecule has 3 heteroatoms. The lowest BCUT2D eigenvalue weighted by Gasteiger charge is -2.25. The quantitative estimate of drug-likeness (QED) is 0.866. The van der Waals surface area contributed by atoms with Crippen molar-refractivity contribution >= 4 is 5.91 Å². The van der Waals surface area contributed by atoms with Crippen LogP contribution in [-0.2, 0) is 4.79 Å². The van der Waals surface area contributed by atoms with Gasteiger partial charge in [-0.15, -0.1) is 0 Å². The van der Waals surface area contributed by atoms with Crippen LogP contribution in [0.5, 0.6) is 0 Å². The van der Waals surface area contributed by atoms with Crippen molar-refractivity contribution in [2.75, 3.05) is 6.54 Å². The lowest BCUT2D eigenvalue weighted by atomic mass is 10.0. The number of aryl methyl sites for hydroxylation is 1. The minimum atomic E-state index is -0.0357. The summed E-state index contributed by atoms with van der Waals surface area (Å²) >= 11 is 0. The fourth-order valence-corrected chi connectivity index (χ4v) is 3.04. The Morgan fingerprint density at radius 1 is 1.29 bits per heavy atom. The molecule has 1 saturated heterocycles. The van der Waals surface area contributed by atoms with Crippen LogP contribution < -0.4 is 5.32 Å². The third kappa shape index (κ3) is 3.65. The van der Waals surface area contributed by atoms with Crippen molar-refractivity contribution in [2.24, 2.45) is 5.92 Å². The minimum Gasteiger partial charge on any atom is -0.322 e. The van der Waals surface area contributed by atoms with Crippen LogP contribution in [0.4, 0.5) is 0 Å². The van der Waals surface area contributed by atoms with Crippen LogP contribution in [0.25, 0.3) is 0 Å². The molecule has 21 heavy (non-hydrogen) atoms. The first-order valence-electron chi connectivity index (χ1n) is 8.16. The highest BCUT2D eigenvalue weighted by Crippen LogP contribution is 2.29. The minimum absolute atomic E-state index is 0.0357. The standard InChI is InChI=1S/C18H28N2O/c1-5-6-11-20-17(15-10-8-7-9-14(15)4)19-16(18(20)21)12-13(2)3/h7-10,13,16-17,19H,5-6,11-12H2,1-4H3. The molecule has 0 saturated carbocycles. The normalized spacial score (nSPS) is 22.3. The van der Waals surface area contributed by atoms with Crippen LogP contribution in [0.1, 0.15) is 57.3 Å². The fourth-order valence-electron chi connectivity index (χ4n) is 3.04. The Bertz CT molecular complexity index is 484. The largest absolute Gasteiger partial charge is 0.322 e. The maximum absolute atomic E-state index is 12.7. The van der Waals surface area contributed by atoms with Crippen molar-refractivity contribution in [3.05, 3.63) is 35.4 Å². The molecule has 1 heterocycles. The number of hydrogen-bond donors (Lipinski definition) is 1. The van der Waals surface area contributed by atoms with E-state index in [1.807, 2.05) is 4.90 Å². The van der Waals surface area contributed by atoms with Gasteiger partial charge in [-0.2, -0.15) is 0 Å². The molecule has 2 unspecified atom stereocenters. The van der Waals surface area contributed by atoms with E-state index in [0.29, 0.717) is 5.92 Å². The molecule has 1 N–H and O–H groups in total. The van der Waals surface area contributed by atoms with E-state index < -0.39 is 0 Å². The first kappa shape index (κ1) is 16.0. The second kappa shape index (κ2) is 7.08. The van der Waals surface area contributed by atoms with E-state index in [-0.39, 0.29) is 18.1 Å². The van der Waals surface area contributed by atoms with Crippen molar-refractivity contribution in [3.63, 3.8) is 0 Å². The van der Waals surface area contributed by atoms with Gasteiger partial charge in [0, 0.05) is 6.54 Å². The predicted molar refractivity (Wildman–Crippen MR) is 86.9 cm³/mol. The average Bonchev–Trinajstić information content (AvgIpc) is 2.73. The molecule has 0 aromatic heterocycles. The van der Waals surface area contributed by atoms with E-state index in [1.165, 1.54) is 11.1 Å². The van der Waals surface area contributed by atoms with Crippen molar-refractivity contribution in [1.29, 1.82) is 0 Å². The third-order valence-electron chi connectivity index (χ3n) is 4.19. The number of carbonyl (C=O) groups is 1. The summed E-state index contributed by atoms with van der Waals surface area (Å²) in [6, 6.07) is 8.33. The van der Waals surface area contributed by atoms with Gasteiger partial charge in [0.2, 0.25) is 5.91 Å². The van der Waals surface area contributed by atoms with Crippen molar-refractivity contribution in [3.8, 4) is 0 Å². The SMILES string of the molecule is CCCCN1C(=O)C(CC(C)C)NC1c1ccccc1C. The Kier molecular flexibility index (Phi) is 5.40. The Balaban J connectivity index is 2.24. The molecule has 2 rings (SSSR count). The lowest BCUT2D eigenvalue weighted by Crippen LogP contribution is -2.32. The summed E-state index contributed by atoms with van der Waals surface area (Å²) in [6.07, 6.45) is 3.11. The predicted octanol–water partition coefficient (Wildman–Crippen LogP) is 3.64. The van der Waals surface area contributed by atoms with Crippen molar-refractivity contribution in [1.82, 2.24) is 10.2 Å². The van der Waals surface area contributed by atoms with Gasteiger partial charge < -0.3 is 4.90 Å². The molecule has 1 fully saturated rings. The number of benzene rings is 1. The molecule has 0 radical (unpaired) electrons. The van der Waals surface area contributed by atoms with Gasteiger partial charge in [-0.3, -0.25) is 10.1 Å². The highest BCUT2D eigenvalue weighted by Gasteiger charge is 2.39. The zero-order chi connectivity index (χ0) is 15.4. The van der Waals surface area contributed by atoms with Gasteiger partial charge in [0.25, 0.3) is 0 Å². The van der Waals surface area contributed by atoms with E-state index in [0.717, 1.165) is 25.8 Å². The van der Waals surface area contributed by atoms with E-state index in [2.05, 4.69) is 57.3 Å². The molecular weight excluding hydrogens is 260 g/mol. The number of nitrogens with zero attached hydrogens (tertiary/aromatic N) is 1. The summed E-state index contributed by atoms with van der Waals surface area (Å²) in [5.74, 6) is 0.792. The number of amides is 1. The second-order valence-electron chi connectivity index (χ2n) is 6.49.